The SMILES string of the molecule is COCC1CCN(c2ccc(N)c(C)n2)CC1. The van der Waals surface area contributed by atoms with Crippen LogP contribution >= 0.6 is 0 Å². The van der Waals surface area contributed by atoms with E-state index in [0.29, 0.717) is 5.92 Å². The largest absolute Gasteiger partial charge is 0.397 e. The number of ether oxygens (including phenoxy) is 1. The summed E-state index contributed by atoms with van der Waals surface area (Å²) in [6.07, 6.45) is 2.36. The lowest BCUT2D eigenvalue weighted by Gasteiger charge is -2.32. The molecule has 0 atom stereocenters. The summed E-state index contributed by atoms with van der Waals surface area (Å²) in [6.45, 7) is 4.95. The number of nitrogens with zero attached hydrogens (tertiary/aromatic N) is 2. The Hall–Kier alpha value is -1.29. The number of hydrogen-bond acceptors (Lipinski definition) is 4. The molecule has 1 aliphatic heterocycles. The third-order valence-electron chi connectivity index (χ3n) is 3.45. The Morgan fingerprint density at radius 2 is 2.12 bits per heavy atom. The van der Waals surface area contributed by atoms with Crippen LogP contribution in [0.5, 0.6) is 0 Å². The molecule has 2 heterocycles. The first-order valence-electron chi connectivity index (χ1n) is 6.17. The Kier molecular flexibility index (Phi) is 3.84. The van der Waals surface area contributed by atoms with E-state index in [-0.39, 0.29) is 0 Å². The number of nitrogen functional groups attached to an aromatic ring is 1. The van der Waals surface area contributed by atoms with E-state index >= 15 is 0 Å². The number of pyridine rings is 1. The fourth-order valence-corrected chi connectivity index (χ4v) is 2.30. The monoisotopic (exact) mass is 235 g/mol. The summed E-state index contributed by atoms with van der Waals surface area (Å²) >= 11 is 0. The van der Waals surface area contributed by atoms with Gasteiger partial charge in [-0.25, -0.2) is 4.98 Å². The molecule has 0 saturated carbocycles. The van der Waals surface area contributed by atoms with Crippen molar-refractivity contribution in [2.45, 2.75) is 19.8 Å². The van der Waals surface area contributed by atoms with Gasteiger partial charge in [-0.05, 0) is 37.8 Å². The Morgan fingerprint density at radius 1 is 1.41 bits per heavy atom. The Morgan fingerprint density at radius 3 is 2.71 bits per heavy atom. The van der Waals surface area contributed by atoms with Crippen molar-refractivity contribution >= 4 is 11.5 Å². The predicted octanol–water partition coefficient (Wildman–Crippen LogP) is 1.84. The quantitative estimate of drug-likeness (QED) is 0.868. The van der Waals surface area contributed by atoms with Gasteiger partial charge >= 0.3 is 0 Å². The van der Waals surface area contributed by atoms with Gasteiger partial charge in [0.15, 0.2) is 0 Å². The van der Waals surface area contributed by atoms with Gasteiger partial charge in [-0.2, -0.15) is 0 Å². The minimum absolute atomic E-state index is 0.700. The van der Waals surface area contributed by atoms with Crippen molar-refractivity contribution in [1.29, 1.82) is 0 Å². The van der Waals surface area contributed by atoms with Gasteiger partial charge in [0.05, 0.1) is 11.4 Å². The van der Waals surface area contributed by atoms with Gasteiger partial charge in [0.1, 0.15) is 5.82 Å². The van der Waals surface area contributed by atoms with E-state index in [9.17, 15) is 0 Å². The van der Waals surface area contributed by atoms with E-state index in [4.69, 9.17) is 10.5 Å². The topological polar surface area (TPSA) is 51.4 Å². The summed E-state index contributed by atoms with van der Waals surface area (Å²) < 4.78 is 5.21. The lowest BCUT2D eigenvalue weighted by molar-refractivity contribution is 0.139. The molecular weight excluding hydrogens is 214 g/mol. The number of rotatable bonds is 3. The van der Waals surface area contributed by atoms with Crippen molar-refractivity contribution in [2.75, 3.05) is 37.4 Å². The van der Waals surface area contributed by atoms with Crippen LogP contribution < -0.4 is 10.6 Å². The Balaban J connectivity index is 1.98. The molecule has 1 aliphatic rings. The van der Waals surface area contributed by atoms with Crippen molar-refractivity contribution in [3.05, 3.63) is 17.8 Å². The standard InChI is InChI=1S/C13H21N3O/c1-10-12(14)3-4-13(15-10)16-7-5-11(6-8-16)9-17-2/h3-4,11H,5-9,14H2,1-2H3. The first-order chi connectivity index (χ1) is 8.20. The maximum absolute atomic E-state index is 5.78. The van der Waals surface area contributed by atoms with E-state index in [1.54, 1.807) is 7.11 Å². The Bertz CT molecular complexity index is 373. The first kappa shape index (κ1) is 12.2. The van der Waals surface area contributed by atoms with Crippen molar-refractivity contribution in [1.82, 2.24) is 4.98 Å². The van der Waals surface area contributed by atoms with Crippen LogP contribution in [0.2, 0.25) is 0 Å². The van der Waals surface area contributed by atoms with Crippen LogP contribution in [0.1, 0.15) is 18.5 Å². The van der Waals surface area contributed by atoms with Gasteiger partial charge in [0.2, 0.25) is 0 Å². The molecule has 0 bridgehead atoms. The second-order valence-electron chi connectivity index (χ2n) is 4.73. The Labute approximate surface area is 103 Å². The molecule has 94 valence electrons. The second-order valence-corrected chi connectivity index (χ2v) is 4.73. The number of anilines is 2. The molecular formula is C13H21N3O. The highest BCUT2D eigenvalue weighted by atomic mass is 16.5. The highest BCUT2D eigenvalue weighted by Crippen LogP contribution is 2.23. The molecule has 1 aromatic rings. The molecule has 1 fully saturated rings. The van der Waals surface area contributed by atoms with Crippen molar-refractivity contribution in [3.63, 3.8) is 0 Å². The van der Waals surface area contributed by atoms with E-state index in [1.807, 2.05) is 19.1 Å². The summed E-state index contributed by atoms with van der Waals surface area (Å²) in [5.74, 6) is 1.75. The zero-order valence-corrected chi connectivity index (χ0v) is 10.6. The summed E-state index contributed by atoms with van der Waals surface area (Å²) in [7, 11) is 1.78. The van der Waals surface area contributed by atoms with Crippen molar-refractivity contribution < 1.29 is 4.74 Å². The third kappa shape index (κ3) is 2.88. The number of nitrogens with two attached hydrogens (primary N) is 1. The van der Waals surface area contributed by atoms with Crippen molar-refractivity contribution in [2.24, 2.45) is 5.92 Å². The highest BCUT2D eigenvalue weighted by molar-refractivity contribution is 5.50. The maximum Gasteiger partial charge on any atom is 0.128 e. The first-order valence-corrected chi connectivity index (χ1v) is 6.17. The molecule has 2 rings (SSSR count). The predicted molar refractivity (Wildman–Crippen MR) is 70.2 cm³/mol. The summed E-state index contributed by atoms with van der Waals surface area (Å²) in [6, 6.07) is 3.96. The highest BCUT2D eigenvalue weighted by Gasteiger charge is 2.20. The molecule has 4 nitrogen and oxygen atoms in total. The van der Waals surface area contributed by atoms with Gasteiger partial charge in [-0.15, -0.1) is 0 Å². The lowest BCUT2D eigenvalue weighted by atomic mass is 9.98. The molecule has 0 unspecified atom stereocenters. The van der Waals surface area contributed by atoms with Gasteiger partial charge in [0.25, 0.3) is 0 Å². The minimum Gasteiger partial charge on any atom is -0.397 e. The summed E-state index contributed by atoms with van der Waals surface area (Å²) in [5, 5.41) is 0. The zero-order valence-electron chi connectivity index (χ0n) is 10.6. The van der Waals surface area contributed by atoms with Crippen molar-refractivity contribution in [3.8, 4) is 0 Å². The van der Waals surface area contributed by atoms with Crippen LogP contribution in [0.25, 0.3) is 0 Å². The second kappa shape index (κ2) is 5.36. The normalized spacial score (nSPS) is 17.4. The maximum atomic E-state index is 5.78. The molecule has 0 spiro atoms. The van der Waals surface area contributed by atoms with Crippen LogP contribution in [0.3, 0.4) is 0 Å². The molecule has 17 heavy (non-hydrogen) atoms. The van der Waals surface area contributed by atoms with E-state index in [1.165, 1.54) is 12.8 Å². The van der Waals surface area contributed by atoms with E-state index in [2.05, 4.69) is 9.88 Å². The average molecular weight is 235 g/mol. The van der Waals surface area contributed by atoms with Gasteiger partial charge in [-0.3, -0.25) is 0 Å². The minimum atomic E-state index is 0.700. The van der Waals surface area contributed by atoms with E-state index in [0.717, 1.165) is 36.9 Å². The van der Waals surface area contributed by atoms with Gasteiger partial charge < -0.3 is 15.4 Å². The smallest absolute Gasteiger partial charge is 0.128 e. The van der Waals surface area contributed by atoms with Crippen LogP contribution in [0.4, 0.5) is 11.5 Å². The number of methoxy groups -OCH3 is 1. The number of piperidine rings is 1. The molecule has 4 heteroatoms. The van der Waals surface area contributed by atoms with Crippen LogP contribution in [-0.4, -0.2) is 31.8 Å². The van der Waals surface area contributed by atoms with E-state index < -0.39 is 0 Å². The van der Waals surface area contributed by atoms with Gasteiger partial charge in [0, 0.05) is 26.8 Å². The van der Waals surface area contributed by atoms with Crippen LogP contribution in [-0.2, 0) is 4.74 Å². The van der Waals surface area contributed by atoms with Crippen LogP contribution in [0, 0.1) is 12.8 Å². The zero-order chi connectivity index (χ0) is 12.3. The molecule has 0 aliphatic carbocycles. The molecule has 0 amide bonds. The number of aromatic nitrogens is 1. The third-order valence-corrected chi connectivity index (χ3v) is 3.45. The molecule has 2 N–H and O–H groups in total. The molecule has 1 saturated heterocycles. The fraction of sp³-hybridized carbons (Fsp3) is 0.615. The fourth-order valence-electron chi connectivity index (χ4n) is 2.30. The average Bonchev–Trinajstić information content (AvgIpc) is 2.34. The summed E-state index contributed by atoms with van der Waals surface area (Å²) in [5.41, 5.74) is 7.47. The summed E-state index contributed by atoms with van der Waals surface area (Å²) in [4.78, 5) is 6.87. The van der Waals surface area contributed by atoms with Gasteiger partial charge in [-0.1, -0.05) is 0 Å². The molecule has 0 aromatic carbocycles. The molecule has 1 aromatic heterocycles. The number of aryl methyl sites for hydroxylation is 1. The number of hydrogen-bond donors (Lipinski definition) is 1. The van der Waals surface area contributed by atoms with Crippen LogP contribution in [0.15, 0.2) is 12.1 Å². The molecule has 0 radical (unpaired) electrons. The lowest BCUT2D eigenvalue weighted by Crippen LogP contribution is -2.35.